The predicted molar refractivity (Wildman–Crippen MR) is 98.5 cm³/mol. The van der Waals surface area contributed by atoms with E-state index in [2.05, 4.69) is 15.3 Å². The van der Waals surface area contributed by atoms with Crippen LogP contribution in [-0.4, -0.2) is 20.8 Å². The molecular formula is C19H18N4O3. The maximum atomic E-state index is 12.4. The molecule has 26 heavy (non-hydrogen) atoms. The third kappa shape index (κ3) is 2.92. The number of nitrogens with zero attached hydrogens (tertiary/aromatic N) is 2. The number of hydrogen-bond donors (Lipinski definition) is 2. The number of hydrogen-bond acceptors (Lipinski definition) is 4. The molecule has 7 nitrogen and oxygen atoms in total. The fourth-order valence-electron chi connectivity index (χ4n) is 3.13. The van der Waals surface area contributed by atoms with E-state index in [1.807, 2.05) is 12.1 Å². The standard InChI is InChI=1S/C19H18N4O3/c1-11-5-6-13(9-17(11)23(25)26)19(24)20-14-7-8-15-16(10-14)22-18(21-15)12-3-2-4-12/h5-10,12H,2-4H2,1H3,(H,20,24)(H,21,22). The van der Waals surface area contributed by atoms with Gasteiger partial charge in [-0.1, -0.05) is 12.5 Å². The Morgan fingerprint density at radius 2 is 2.08 bits per heavy atom. The zero-order valence-electron chi connectivity index (χ0n) is 14.3. The Morgan fingerprint density at radius 3 is 2.77 bits per heavy atom. The largest absolute Gasteiger partial charge is 0.342 e. The third-order valence-electron chi connectivity index (χ3n) is 4.92. The van der Waals surface area contributed by atoms with Crippen molar-refractivity contribution < 1.29 is 9.72 Å². The summed E-state index contributed by atoms with van der Waals surface area (Å²) in [7, 11) is 0. The van der Waals surface area contributed by atoms with E-state index in [0.717, 1.165) is 29.7 Å². The molecule has 2 aromatic carbocycles. The number of nitrogens with one attached hydrogen (secondary N) is 2. The second kappa shape index (κ2) is 6.25. The number of aromatic nitrogens is 2. The minimum Gasteiger partial charge on any atom is -0.342 e. The molecule has 1 fully saturated rings. The van der Waals surface area contributed by atoms with Crippen molar-refractivity contribution >= 4 is 28.3 Å². The van der Waals surface area contributed by atoms with Crippen molar-refractivity contribution in [3.63, 3.8) is 0 Å². The molecule has 0 spiro atoms. The fourth-order valence-corrected chi connectivity index (χ4v) is 3.13. The van der Waals surface area contributed by atoms with Gasteiger partial charge in [0.1, 0.15) is 5.82 Å². The summed E-state index contributed by atoms with van der Waals surface area (Å²) in [6.45, 7) is 1.64. The van der Waals surface area contributed by atoms with E-state index in [9.17, 15) is 14.9 Å². The number of amides is 1. The van der Waals surface area contributed by atoms with Crippen LogP contribution in [0.15, 0.2) is 36.4 Å². The summed E-state index contributed by atoms with van der Waals surface area (Å²) in [5, 5.41) is 13.8. The minimum atomic E-state index is -0.481. The second-order valence-electron chi connectivity index (χ2n) is 6.69. The van der Waals surface area contributed by atoms with E-state index >= 15 is 0 Å². The van der Waals surface area contributed by atoms with Crippen molar-refractivity contribution in [2.45, 2.75) is 32.1 Å². The molecule has 0 unspecified atom stereocenters. The summed E-state index contributed by atoms with van der Waals surface area (Å²) in [6, 6.07) is 9.95. The SMILES string of the molecule is Cc1ccc(C(=O)Nc2ccc3nc(C4CCC4)[nH]c3c2)cc1[N+](=O)[O-]. The summed E-state index contributed by atoms with van der Waals surface area (Å²) in [4.78, 5) is 31.0. The number of H-pyrrole nitrogens is 1. The number of rotatable bonds is 4. The molecular weight excluding hydrogens is 332 g/mol. The highest BCUT2D eigenvalue weighted by Gasteiger charge is 2.22. The Bertz CT molecular complexity index is 1020. The number of nitro groups is 1. The van der Waals surface area contributed by atoms with Crippen LogP contribution in [0.4, 0.5) is 11.4 Å². The number of anilines is 1. The number of carbonyl (C=O) groups excluding carboxylic acids is 1. The first-order valence-corrected chi connectivity index (χ1v) is 8.57. The average Bonchev–Trinajstić information content (AvgIpc) is 2.95. The van der Waals surface area contributed by atoms with Crippen molar-refractivity contribution in [1.29, 1.82) is 0 Å². The van der Waals surface area contributed by atoms with Crippen molar-refractivity contribution in [3.05, 3.63) is 63.5 Å². The maximum Gasteiger partial charge on any atom is 0.273 e. The van der Waals surface area contributed by atoms with Crippen LogP contribution in [0.5, 0.6) is 0 Å². The Hall–Kier alpha value is -3.22. The lowest BCUT2D eigenvalue weighted by Gasteiger charge is -2.22. The molecule has 7 heteroatoms. The summed E-state index contributed by atoms with van der Waals surface area (Å²) < 4.78 is 0. The first-order chi connectivity index (χ1) is 12.5. The fraction of sp³-hybridized carbons (Fsp3) is 0.263. The van der Waals surface area contributed by atoms with Gasteiger partial charge in [-0.15, -0.1) is 0 Å². The molecule has 0 aliphatic heterocycles. The van der Waals surface area contributed by atoms with Gasteiger partial charge in [0.05, 0.1) is 16.0 Å². The number of carbonyl (C=O) groups is 1. The molecule has 0 radical (unpaired) electrons. The lowest BCUT2D eigenvalue weighted by atomic mass is 9.85. The van der Waals surface area contributed by atoms with Gasteiger partial charge in [-0.2, -0.15) is 0 Å². The van der Waals surface area contributed by atoms with E-state index in [4.69, 9.17) is 0 Å². The lowest BCUT2D eigenvalue weighted by molar-refractivity contribution is -0.385. The molecule has 0 bridgehead atoms. The monoisotopic (exact) mass is 350 g/mol. The van der Waals surface area contributed by atoms with E-state index in [1.165, 1.54) is 12.5 Å². The number of benzene rings is 2. The molecule has 4 rings (SSSR count). The molecule has 1 aliphatic rings. The smallest absolute Gasteiger partial charge is 0.273 e. The summed E-state index contributed by atoms with van der Waals surface area (Å²) in [5.41, 5.74) is 3.08. The van der Waals surface area contributed by atoms with E-state index in [-0.39, 0.29) is 17.2 Å². The molecule has 1 aliphatic carbocycles. The molecule has 132 valence electrons. The van der Waals surface area contributed by atoms with Gasteiger partial charge in [-0.3, -0.25) is 14.9 Å². The van der Waals surface area contributed by atoms with Crippen LogP contribution in [0.1, 0.15) is 46.9 Å². The molecule has 3 aromatic rings. The van der Waals surface area contributed by atoms with Gasteiger partial charge in [0.15, 0.2) is 0 Å². The minimum absolute atomic E-state index is 0.0631. The maximum absolute atomic E-state index is 12.4. The van der Waals surface area contributed by atoms with Crippen LogP contribution in [0.25, 0.3) is 11.0 Å². The van der Waals surface area contributed by atoms with Crippen molar-refractivity contribution in [2.75, 3.05) is 5.32 Å². The van der Waals surface area contributed by atoms with Crippen LogP contribution in [-0.2, 0) is 0 Å². The zero-order valence-corrected chi connectivity index (χ0v) is 14.3. The molecule has 1 amide bonds. The third-order valence-corrected chi connectivity index (χ3v) is 4.92. The van der Waals surface area contributed by atoms with Crippen LogP contribution in [0, 0.1) is 17.0 Å². The highest BCUT2D eigenvalue weighted by Crippen LogP contribution is 2.35. The van der Waals surface area contributed by atoms with Gasteiger partial charge >= 0.3 is 0 Å². The second-order valence-corrected chi connectivity index (χ2v) is 6.69. The first-order valence-electron chi connectivity index (χ1n) is 8.57. The topological polar surface area (TPSA) is 101 Å². The first kappa shape index (κ1) is 16.3. The van der Waals surface area contributed by atoms with Gasteiger partial charge in [0.25, 0.3) is 11.6 Å². The Kier molecular flexibility index (Phi) is 3.91. The molecule has 2 N–H and O–H groups in total. The lowest BCUT2D eigenvalue weighted by Crippen LogP contribution is -2.12. The van der Waals surface area contributed by atoms with Gasteiger partial charge in [-0.05, 0) is 44.0 Å². The molecule has 1 saturated carbocycles. The normalized spacial score (nSPS) is 14.2. The highest BCUT2D eigenvalue weighted by atomic mass is 16.6. The molecule has 1 heterocycles. The van der Waals surface area contributed by atoms with Crippen molar-refractivity contribution in [2.24, 2.45) is 0 Å². The molecule has 1 aromatic heterocycles. The van der Waals surface area contributed by atoms with Crippen LogP contribution in [0.2, 0.25) is 0 Å². The predicted octanol–water partition coefficient (Wildman–Crippen LogP) is 4.30. The van der Waals surface area contributed by atoms with Gasteiger partial charge < -0.3 is 10.3 Å². The Labute approximate surface area is 149 Å². The Morgan fingerprint density at radius 1 is 1.27 bits per heavy atom. The van der Waals surface area contributed by atoms with Crippen molar-refractivity contribution in [1.82, 2.24) is 9.97 Å². The zero-order chi connectivity index (χ0) is 18.3. The van der Waals surface area contributed by atoms with Crippen molar-refractivity contribution in [3.8, 4) is 0 Å². The number of aromatic amines is 1. The molecule has 0 atom stereocenters. The number of nitro benzene ring substituents is 1. The number of fused-ring (bicyclic) bond motifs is 1. The summed E-state index contributed by atoms with van der Waals surface area (Å²) >= 11 is 0. The summed E-state index contributed by atoms with van der Waals surface area (Å²) in [5.74, 6) is 1.13. The molecule has 0 saturated heterocycles. The average molecular weight is 350 g/mol. The Balaban J connectivity index is 1.57. The summed E-state index contributed by atoms with van der Waals surface area (Å²) in [6.07, 6.45) is 3.57. The van der Waals surface area contributed by atoms with Crippen LogP contribution < -0.4 is 5.32 Å². The van der Waals surface area contributed by atoms with Gasteiger partial charge in [0.2, 0.25) is 0 Å². The van der Waals surface area contributed by atoms with Gasteiger partial charge in [-0.25, -0.2) is 4.98 Å². The number of imidazole rings is 1. The van der Waals surface area contributed by atoms with E-state index < -0.39 is 4.92 Å². The highest BCUT2D eigenvalue weighted by molar-refractivity contribution is 6.05. The number of aryl methyl sites for hydroxylation is 1. The van der Waals surface area contributed by atoms with Gasteiger partial charge in [0, 0.05) is 28.8 Å². The van der Waals surface area contributed by atoms with Crippen LogP contribution >= 0.6 is 0 Å². The van der Waals surface area contributed by atoms with Crippen LogP contribution in [0.3, 0.4) is 0 Å². The van der Waals surface area contributed by atoms with E-state index in [1.54, 1.807) is 25.1 Å². The quantitative estimate of drug-likeness (QED) is 0.541. The van der Waals surface area contributed by atoms with E-state index in [0.29, 0.717) is 17.2 Å².